The van der Waals surface area contributed by atoms with Gasteiger partial charge in [-0.3, -0.25) is 4.98 Å². The lowest BCUT2D eigenvalue weighted by Crippen LogP contribution is -2.07. The molecule has 0 fully saturated rings. The van der Waals surface area contributed by atoms with Gasteiger partial charge in [0.1, 0.15) is 5.75 Å². The molecule has 0 radical (unpaired) electrons. The second kappa shape index (κ2) is 6.13. The Labute approximate surface area is 110 Å². The van der Waals surface area contributed by atoms with Crippen molar-refractivity contribution in [3.63, 3.8) is 0 Å². The van der Waals surface area contributed by atoms with Crippen molar-refractivity contribution in [2.24, 2.45) is 0 Å². The van der Waals surface area contributed by atoms with Gasteiger partial charge in [-0.05, 0) is 30.7 Å². The van der Waals surface area contributed by atoms with Crippen LogP contribution in [-0.2, 0) is 0 Å². The van der Waals surface area contributed by atoms with Crippen LogP contribution in [0, 0.1) is 0 Å². The molecule has 1 aromatic carbocycles. The lowest BCUT2D eigenvalue weighted by Gasteiger charge is -2.16. The van der Waals surface area contributed by atoms with Crippen LogP contribution in [0.4, 0.5) is 14.5 Å². The van der Waals surface area contributed by atoms with E-state index in [1.165, 1.54) is 6.07 Å². The summed E-state index contributed by atoms with van der Waals surface area (Å²) in [5.41, 5.74) is 1.73. The first kappa shape index (κ1) is 13.3. The largest absolute Gasteiger partial charge is 0.435 e. The number of hydrogen-bond donors (Lipinski definition) is 1. The van der Waals surface area contributed by atoms with Crippen LogP contribution in [0.3, 0.4) is 0 Å². The van der Waals surface area contributed by atoms with Gasteiger partial charge < -0.3 is 10.1 Å². The van der Waals surface area contributed by atoms with Crippen molar-refractivity contribution in [2.45, 2.75) is 19.6 Å². The van der Waals surface area contributed by atoms with E-state index in [-0.39, 0.29) is 11.8 Å². The van der Waals surface area contributed by atoms with Crippen molar-refractivity contribution >= 4 is 5.69 Å². The molecule has 100 valence electrons. The topological polar surface area (TPSA) is 34.1 Å². The highest BCUT2D eigenvalue weighted by molar-refractivity contribution is 5.49. The highest BCUT2D eigenvalue weighted by Gasteiger charge is 2.07. The predicted molar refractivity (Wildman–Crippen MR) is 69.3 cm³/mol. The summed E-state index contributed by atoms with van der Waals surface area (Å²) in [6.07, 6.45) is 3.46. The van der Waals surface area contributed by atoms with Gasteiger partial charge in [0.05, 0.1) is 6.04 Å². The van der Waals surface area contributed by atoms with E-state index in [0.717, 1.165) is 11.3 Å². The molecule has 0 saturated heterocycles. The molecule has 5 heteroatoms. The molecule has 19 heavy (non-hydrogen) atoms. The molecule has 1 N–H and O–H groups in total. The molecule has 0 bridgehead atoms. The molecule has 1 unspecified atom stereocenters. The summed E-state index contributed by atoms with van der Waals surface area (Å²) in [7, 11) is 0. The highest BCUT2D eigenvalue weighted by Crippen LogP contribution is 2.23. The van der Waals surface area contributed by atoms with Gasteiger partial charge in [-0.25, -0.2) is 0 Å². The normalized spacial score (nSPS) is 12.2. The van der Waals surface area contributed by atoms with E-state index in [4.69, 9.17) is 0 Å². The molecule has 0 aliphatic heterocycles. The predicted octanol–water partition coefficient (Wildman–Crippen LogP) is 3.86. The van der Waals surface area contributed by atoms with Gasteiger partial charge in [0.2, 0.25) is 0 Å². The third kappa shape index (κ3) is 3.91. The Morgan fingerprint density at radius 3 is 2.74 bits per heavy atom. The van der Waals surface area contributed by atoms with Gasteiger partial charge in [0.25, 0.3) is 0 Å². The number of aromatic nitrogens is 1. The third-order valence-corrected chi connectivity index (χ3v) is 2.63. The molecule has 0 saturated carbocycles. The summed E-state index contributed by atoms with van der Waals surface area (Å²) >= 11 is 0. The first-order chi connectivity index (χ1) is 9.15. The maximum atomic E-state index is 12.1. The third-order valence-electron chi connectivity index (χ3n) is 2.63. The zero-order valence-electron chi connectivity index (χ0n) is 10.4. The summed E-state index contributed by atoms with van der Waals surface area (Å²) in [4.78, 5) is 4.04. The molecule has 0 amide bonds. The van der Waals surface area contributed by atoms with E-state index in [0.29, 0.717) is 0 Å². The smallest absolute Gasteiger partial charge is 0.387 e. The quantitative estimate of drug-likeness (QED) is 0.890. The molecule has 0 spiro atoms. The number of anilines is 1. The molecule has 1 heterocycles. The van der Waals surface area contributed by atoms with Crippen molar-refractivity contribution in [1.29, 1.82) is 0 Å². The minimum Gasteiger partial charge on any atom is -0.435 e. The van der Waals surface area contributed by atoms with Gasteiger partial charge in [-0.1, -0.05) is 12.1 Å². The average molecular weight is 264 g/mol. The van der Waals surface area contributed by atoms with Crippen LogP contribution in [-0.4, -0.2) is 11.6 Å². The van der Waals surface area contributed by atoms with E-state index >= 15 is 0 Å². The number of nitrogens with one attached hydrogen (secondary N) is 1. The van der Waals surface area contributed by atoms with Crippen LogP contribution in [0.1, 0.15) is 18.5 Å². The lowest BCUT2D eigenvalue weighted by molar-refractivity contribution is -0.0498. The number of halogens is 2. The Hall–Kier alpha value is -2.17. The number of hydrogen-bond acceptors (Lipinski definition) is 3. The lowest BCUT2D eigenvalue weighted by atomic mass is 10.1. The Morgan fingerprint density at radius 2 is 2.05 bits per heavy atom. The fourth-order valence-corrected chi connectivity index (χ4v) is 1.73. The first-order valence-corrected chi connectivity index (χ1v) is 5.86. The maximum Gasteiger partial charge on any atom is 0.387 e. The van der Waals surface area contributed by atoms with Gasteiger partial charge in [-0.15, -0.1) is 0 Å². The van der Waals surface area contributed by atoms with Gasteiger partial charge >= 0.3 is 6.61 Å². The van der Waals surface area contributed by atoms with Crippen molar-refractivity contribution in [2.75, 3.05) is 5.32 Å². The number of pyridine rings is 1. The number of benzene rings is 1. The van der Waals surface area contributed by atoms with Crippen LogP contribution >= 0.6 is 0 Å². The maximum absolute atomic E-state index is 12.1. The molecule has 2 rings (SSSR count). The SMILES string of the molecule is CC(Nc1cccc(OC(F)F)c1)c1cccnc1. The highest BCUT2D eigenvalue weighted by atomic mass is 19.3. The summed E-state index contributed by atoms with van der Waals surface area (Å²) in [6.45, 7) is -0.844. The van der Waals surface area contributed by atoms with E-state index in [9.17, 15) is 8.78 Å². The second-order valence-corrected chi connectivity index (χ2v) is 4.06. The number of nitrogens with zero attached hydrogens (tertiary/aromatic N) is 1. The monoisotopic (exact) mass is 264 g/mol. The molecule has 1 atom stereocenters. The Kier molecular flexibility index (Phi) is 4.28. The Balaban J connectivity index is 2.06. The average Bonchev–Trinajstić information content (AvgIpc) is 2.39. The standard InChI is InChI=1S/C14H14F2N2O/c1-10(11-4-3-7-17-9-11)18-12-5-2-6-13(8-12)19-14(15)16/h2-10,14,18H,1H3. The van der Waals surface area contributed by atoms with Gasteiger partial charge in [0.15, 0.2) is 0 Å². The van der Waals surface area contributed by atoms with Crippen molar-refractivity contribution < 1.29 is 13.5 Å². The number of alkyl halides is 2. The van der Waals surface area contributed by atoms with Crippen LogP contribution in [0.15, 0.2) is 48.8 Å². The molecule has 3 nitrogen and oxygen atoms in total. The van der Waals surface area contributed by atoms with Crippen LogP contribution in [0.2, 0.25) is 0 Å². The molecular formula is C14H14F2N2O. The van der Waals surface area contributed by atoms with Crippen molar-refractivity contribution in [3.8, 4) is 5.75 Å². The van der Waals surface area contributed by atoms with Crippen LogP contribution < -0.4 is 10.1 Å². The Bertz CT molecular complexity index is 520. The fourth-order valence-electron chi connectivity index (χ4n) is 1.73. The number of rotatable bonds is 5. The summed E-state index contributed by atoms with van der Waals surface area (Å²) in [6, 6.07) is 10.3. The molecule has 0 aliphatic carbocycles. The summed E-state index contributed by atoms with van der Waals surface area (Å²) in [5, 5.41) is 3.21. The molecule has 0 aliphatic rings. The zero-order chi connectivity index (χ0) is 13.7. The van der Waals surface area contributed by atoms with E-state index in [1.807, 2.05) is 19.1 Å². The van der Waals surface area contributed by atoms with Crippen molar-refractivity contribution in [1.82, 2.24) is 4.98 Å². The molecule has 2 aromatic rings. The summed E-state index contributed by atoms with van der Waals surface area (Å²) < 4.78 is 28.6. The van der Waals surface area contributed by atoms with Crippen LogP contribution in [0.25, 0.3) is 0 Å². The fraction of sp³-hybridized carbons (Fsp3) is 0.214. The number of ether oxygens (including phenoxy) is 1. The van der Waals surface area contributed by atoms with Crippen LogP contribution in [0.5, 0.6) is 5.75 Å². The van der Waals surface area contributed by atoms with E-state index < -0.39 is 6.61 Å². The Morgan fingerprint density at radius 1 is 1.21 bits per heavy atom. The molecular weight excluding hydrogens is 250 g/mol. The van der Waals surface area contributed by atoms with E-state index in [1.54, 1.807) is 30.6 Å². The minimum absolute atomic E-state index is 0.0236. The molecule has 1 aromatic heterocycles. The second-order valence-electron chi connectivity index (χ2n) is 4.06. The van der Waals surface area contributed by atoms with E-state index in [2.05, 4.69) is 15.0 Å². The van der Waals surface area contributed by atoms with Crippen molar-refractivity contribution in [3.05, 3.63) is 54.4 Å². The first-order valence-electron chi connectivity index (χ1n) is 5.86. The zero-order valence-corrected chi connectivity index (χ0v) is 10.4. The van der Waals surface area contributed by atoms with Gasteiger partial charge in [-0.2, -0.15) is 8.78 Å². The minimum atomic E-state index is -2.81. The van der Waals surface area contributed by atoms with Gasteiger partial charge in [0, 0.05) is 24.1 Å². The summed E-state index contributed by atoms with van der Waals surface area (Å²) in [5.74, 6) is 0.137.